The van der Waals surface area contributed by atoms with E-state index in [0.29, 0.717) is 13.2 Å². The van der Waals surface area contributed by atoms with Crippen molar-refractivity contribution >= 4 is 37.5 Å². The summed E-state index contributed by atoms with van der Waals surface area (Å²) in [4.78, 5) is 0. The van der Waals surface area contributed by atoms with Gasteiger partial charge in [-0.1, -0.05) is 121 Å². The molecule has 1 saturated heterocycles. The summed E-state index contributed by atoms with van der Waals surface area (Å²) in [6, 6.07) is 41.9. The monoisotopic (exact) mass is 472 g/mol. The van der Waals surface area contributed by atoms with Crippen LogP contribution in [-0.4, -0.2) is 25.4 Å². The van der Waals surface area contributed by atoms with Crippen LogP contribution < -0.4 is 21.2 Å². The molecular weight excluding hydrogens is 446 g/mol. The predicted octanol–water partition coefficient (Wildman–Crippen LogP) is 4.88. The second kappa shape index (κ2) is 11.2. The Kier molecular flexibility index (Phi) is 7.58. The van der Waals surface area contributed by atoms with Crippen molar-refractivity contribution in [1.29, 1.82) is 0 Å². The lowest BCUT2D eigenvalue weighted by atomic mass is 10.3. The number of hydrogen-bond donors (Lipinski definition) is 0. The quantitative estimate of drug-likeness (QED) is 0.342. The zero-order valence-corrected chi connectivity index (χ0v) is 20.0. The van der Waals surface area contributed by atoms with Gasteiger partial charge in [0.2, 0.25) is 0 Å². The zero-order valence-electron chi connectivity index (χ0n) is 18.2. The first kappa shape index (κ1) is 22.4. The zero-order chi connectivity index (χ0) is 22.3. The maximum Gasteiger partial charge on any atom is 0.115 e. The maximum absolute atomic E-state index is 6.79. The van der Waals surface area contributed by atoms with Gasteiger partial charge in [-0.25, -0.2) is 0 Å². The summed E-state index contributed by atoms with van der Waals surface area (Å²) in [6.07, 6.45) is -0.261. The Hall–Kier alpha value is -2.38. The summed E-state index contributed by atoms with van der Waals surface area (Å²) in [5.74, 6) is 0. The number of ether oxygens (including phenoxy) is 1. The Morgan fingerprint density at radius 3 is 1.00 bits per heavy atom. The highest BCUT2D eigenvalue weighted by Crippen LogP contribution is 2.43. The van der Waals surface area contributed by atoms with E-state index in [0.717, 1.165) is 0 Å². The SMILES string of the molecule is c1ccc(P(O[C@@H]2COC[C@H]2OP(c2ccccc2)c2ccccc2)c2ccccc2)cc1. The molecule has 5 rings (SSSR count). The van der Waals surface area contributed by atoms with Crippen molar-refractivity contribution in [3.63, 3.8) is 0 Å². The second-order valence-electron chi connectivity index (χ2n) is 7.76. The van der Waals surface area contributed by atoms with E-state index >= 15 is 0 Å². The molecule has 1 aliphatic heterocycles. The summed E-state index contributed by atoms with van der Waals surface area (Å²) in [5, 5.41) is 4.77. The Bertz CT molecular complexity index is 941. The number of rotatable bonds is 8. The minimum absolute atomic E-state index is 0.131. The summed E-state index contributed by atoms with van der Waals surface area (Å²) in [7, 11) is -1.95. The van der Waals surface area contributed by atoms with Gasteiger partial charge < -0.3 is 13.8 Å². The normalized spacial score (nSPS) is 18.1. The van der Waals surface area contributed by atoms with Crippen LogP contribution in [0.3, 0.4) is 0 Å². The van der Waals surface area contributed by atoms with E-state index in [-0.39, 0.29) is 12.2 Å². The third kappa shape index (κ3) is 5.58. The molecule has 0 amide bonds. The predicted molar refractivity (Wildman–Crippen MR) is 139 cm³/mol. The third-order valence-electron chi connectivity index (χ3n) is 5.42. The van der Waals surface area contributed by atoms with E-state index in [9.17, 15) is 0 Å². The molecular formula is C28H26O3P2. The molecule has 0 unspecified atom stereocenters. The van der Waals surface area contributed by atoms with Crippen LogP contribution in [0.5, 0.6) is 0 Å². The van der Waals surface area contributed by atoms with Crippen LogP contribution in [0.1, 0.15) is 0 Å². The highest BCUT2D eigenvalue weighted by molar-refractivity contribution is 7.69. The molecule has 0 aromatic heterocycles. The van der Waals surface area contributed by atoms with Crippen LogP contribution in [0.4, 0.5) is 0 Å². The average molecular weight is 472 g/mol. The molecule has 1 fully saturated rings. The van der Waals surface area contributed by atoms with Crippen LogP contribution in [-0.2, 0) is 13.8 Å². The fourth-order valence-electron chi connectivity index (χ4n) is 3.78. The molecule has 1 aliphatic rings. The van der Waals surface area contributed by atoms with Crippen molar-refractivity contribution in [3.8, 4) is 0 Å². The minimum atomic E-state index is -0.975. The Morgan fingerprint density at radius 2 is 0.727 bits per heavy atom. The van der Waals surface area contributed by atoms with E-state index in [4.69, 9.17) is 13.8 Å². The van der Waals surface area contributed by atoms with Gasteiger partial charge >= 0.3 is 0 Å². The van der Waals surface area contributed by atoms with Gasteiger partial charge in [-0.15, -0.1) is 0 Å². The Balaban J connectivity index is 1.40. The summed E-state index contributed by atoms with van der Waals surface area (Å²) in [5.41, 5.74) is 0. The van der Waals surface area contributed by atoms with Crippen LogP contribution in [0.2, 0.25) is 0 Å². The molecule has 0 saturated carbocycles. The van der Waals surface area contributed by atoms with Gasteiger partial charge in [-0.2, -0.15) is 0 Å². The number of benzene rings is 4. The van der Waals surface area contributed by atoms with Gasteiger partial charge in [0.1, 0.15) is 12.2 Å². The van der Waals surface area contributed by atoms with Crippen LogP contribution in [0, 0.1) is 0 Å². The Labute approximate surface area is 198 Å². The maximum atomic E-state index is 6.79. The molecule has 4 aromatic rings. The molecule has 0 radical (unpaired) electrons. The molecule has 0 bridgehead atoms. The third-order valence-corrected chi connectivity index (χ3v) is 9.46. The van der Waals surface area contributed by atoms with E-state index < -0.39 is 16.3 Å². The standard InChI is InChI=1S/C28H26O3P2/c1-5-13-23(14-6-1)32(24-15-7-2-8-16-24)30-27-21-29-22-28(27)31-33(25-17-9-3-10-18-25)26-19-11-4-12-20-26/h1-20,27-28H,21-22H2/t27-,28-/m1/s1. The largest absolute Gasteiger partial charge is 0.376 e. The minimum Gasteiger partial charge on any atom is -0.376 e. The van der Waals surface area contributed by atoms with Crippen molar-refractivity contribution in [2.24, 2.45) is 0 Å². The molecule has 4 aromatic carbocycles. The van der Waals surface area contributed by atoms with E-state index in [1.807, 2.05) is 24.3 Å². The summed E-state index contributed by atoms with van der Waals surface area (Å²) in [6.45, 7) is 1.08. The van der Waals surface area contributed by atoms with E-state index in [2.05, 4.69) is 97.1 Å². The lowest BCUT2D eigenvalue weighted by Crippen LogP contribution is -2.32. The lowest BCUT2D eigenvalue weighted by Gasteiger charge is -2.28. The van der Waals surface area contributed by atoms with Crippen molar-refractivity contribution < 1.29 is 13.8 Å². The lowest BCUT2D eigenvalue weighted by molar-refractivity contribution is 0.116. The first-order valence-electron chi connectivity index (χ1n) is 11.1. The van der Waals surface area contributed by atoms with Gasteiger partial charge in [0.15, 0.2) is 0 Å². The highest BCUT2D eigenvalue weighted by Gasteiger charge is 2.36. The van der Waals surface area contributed by atoms with Crippen molar-refractivity contribution in [3.05, 3.63) is 121 Å². The average Bonchev–Trinajstić information content (AvgIpc) is 3.34. The van der Waals surface area contributed by atoms with Gasteiger partial charge in [-0.05, 0) is 0 Å². The molecule has 3 nitrogen and oxygen atoms in total. The molecule has 0 N–H and O–H groups in total. The van der Waals surface area contributed by atoms with Crippen molar-refractivity contribution in [2.45, 2.75) is 12.2 Å². The van der Waals surface area contributed by atoms with Gasteiger partial charge in [-0.3, -0.25) is 0 Å². The fraction of sp³-hybridized carbons (Fsp3) is 0.143. The highest BCUT2D eigenvalue weighted by atomic mass is 31.1. The second-order valence-corrected chi connectivity index (χ2v) is 11.4. The molecule has 0 spiro atoms. The molecule has 5 heteroatoms. The molecule has 0 aliphatic carbocycles. The van der Waals surface area contributed by atoms with E-state index in [1.165, 1.54) is 21.2 Å². The van der Waals surface area contributed by atoms with Crippen LogP contribution in [0.25, 0.3) is 0 Å². The van der Waals surface area contributed by atoms with Gasteiger partial charge in [0.05, 0.1) is 29.5 Å². The van der Waals surface area contributed by atoms with Crippen molar-refractivity contribution in [2.75, 3.05) is 13.2 Å². The fourth-order valence-corrected chi connectivity index (χ4v) is 7.57. The smallest absolute Gasteiger partial charge is 0.115 e. The van der Waals surface area contributed by atoms with Gasteiger partial charge in [0, 0.05) is 21.2 Å². The first-order valence-corrected chi connectivity index (χ1v) is 13.6. The molecule has 2 atom stereocenters. The van der Waals surface area contributed by atoms with Gasteiger partial charge in [0.25, 0.3) is 0 Å². The molecule has 166 valence electrons. The number of hydrogen-bond acceptors (Lipinski definition) is 3. The van der Waals surface area contributed by atoms with Crippen molar-refractivity contribution in [1.82, 2.24) is 0 Å². The van der Waals surface area contributed by atoms with Crippen LogP contribution >= 0.6 is 16.3 Å². The van der Waals surface area contributed by atoms with Crippen LogP contribution in [0.15, 0.2) is 121 Å². The Morgan fingerprint density at radius 1 is 0.455 bits per heavy atom. The van der Waals surface area contributed by atoms with E-state index in [1.54, 1.807) is 0 Å². The summed E-state index contributed by atoms with van der Waals surface area (Å²) >= 11 is 0. The molecule has 1 heterocycles. The topological polar surface area (TPSA) is 27.7 Å². The first-order chi connectivity index (χ1) is 16.4. The molecule has 33 heavy (non-hydrogen) atoms. The summed E-state index contributed by atoms with van der Waals surface area (Å²) < 4.78 is 19.5.